The van der Waals surface area contributed by atoms with E-state index >= 15 is 0 Å². The maximum absolute atomic E-state index is 5.82. The summed E-state index contributed by atoms with van der Waals surface area (Å²) in [7, 11) is 0. The lowest BCUT2D eigenvalue weighted by molar-refractivity contribution is 0.458. The van der Waals surface area contributed by atoms with E-state index in [1.54, 1.807) is 6.20 Å². The number of aryl methyl sites for hydroxylation is 1. The second-order valence-electron chi connectivity index (χ2n) is 4.08. The Kier molecular flexibility index (Phi) is 3.40. The quantitative estimate of drug-likeness (QED) is 0.877. The van der Waals surface area contributed by atoms with Gasteiger partial charge in [-0.2, -0.15) is 0 Å². The minimum absolute atomic E-state index is 0.0165. The zero-order valence-corrected chi connectivity index (χ0v) is 10.1. The summed E-state index contributed by atoms with van der Waals surface area (Å²) in [4.78, 5) is 4.18. The Bertz CT molecular complexity index is 509. The molecule has 0 fully saturated rings. The van der Waals surface area contributed by atoms with Gasteiger partial charge < -0.3 is 10.5 Å². The predicted octanol–water partition coefficient (Wildman–Crippen LogP) is 3.20. The molecule has 2 rings (SSSR count). The van der Waals surface area contributed by atoms with Crippen molar-refractivity contribution in [2.75, 3.05) is 0 Å². The maximum Gasteiger partial charge on any atom is 0.219 e. The summed E-state index contributed by atoms with van der Waals surface area (Å²) in [5.41, 5.74) is 7.92. The van der Waals surface area contributed by atoms with E-state index in [0.29, 0.717) is 5.88 Å². The molecule has 2 N–H and O–H groups in total. The van der Waals surface area contributed by atoms with Crippen LogP contribution in [0.25, 0.3) is 0 Å². The first-order chi connectivity index (χ1) is 8.16. The van der Waals surface area contributed by atoms with Gasteiger partial charge in [0.25, 0.3) is 0 Å². The highest BCUT2D eigenvalue weighted by Gasteiger charge is 2.04. The van der Waals surface area contributed by atoms with Crippen molar-refractivity contribution < 1.29 is 4.74 Å². The van der Waals surface area contributed by atoms with Gasteiger partial charge in [0.15, 0.2) is 0 Å². The minimum atomic E-state index is -0.0165. The van der Waals surface area contributed by atoms with E-state index < -0.39 is 0 Å². The highest BCUT2D eigenvalue weighted by atomic mass is 16.5. The number of aromatic nitrogens is 1. The molecule has 1 aromatic carbocycles. The fourth-order valence-corrected chi connectivity index (χ4v) is 1.55. The van der Waals surface area contributed by atoms with E-state index in [4.69, 9.17) is 10.5 Å². The second kappa shape index (κ2) is 4.97. The van der Waals surface area contributed by atoms with Gasteiger partial charge in [-0.15, -0.1) is 0 Å². The van der Waals surface area contributed by atoms with Gasteiger partial charge in [0.05, 0.1) is 0 Å². The monoisotopic (exact) mass is 228 g/mol. The number of rotatable bonds is 3. The Hall–Kier alpha value is -1.87. The zero-order chi connectivity index (χ0) is 12.3. The lowest BCUT2D eigenvalue weighted by Gasteiger charge is -2.10. The molecular weight excluding hydrogens is 212 g/mol. The molecule has 1 aromatic heterocycles. The van der Waals surface area contributed by atoms with Crippen LogP contribution >= 0.6 is 0 Å². The number of hydrogen-bond acceptors (Lipinski definition) is 3. The Balaban J connectivity index is 2.25. The van der Waals surface area contributed by atoms with Gasteiger partial charge in [0.2, 0.25) is 5.88 Å². The summed E-state index contributed by atoms with van der Waals surface area (Å²) >= 11 is 0. The molecule has 0 saturated carbocycles. The molecule has 0 amide bonds. The summed E-state index contributed by atoms with van der Waals surface area (Å²) in [6.07, 6.45) is 1.71. The summed E-state index contributed by atoms with van der Waals surface area (Å²) in [6.45, 7) is 3.94. The molecule has 0 radical (unpaired) electrons. The number of hydrogen-bond donors (Lipinski definition) is 1. The first kappa shape index (κ1) is 11.6. The zero-order valence-electron chi connectivity index (χ0n) is 10.1. The fraction of sp³-hybridized carbons (Fsp3) is 0.214. The van der Waals surface area contributed by atoms with E-state index in [1.165, 1.54) is 0 Å². The predicted molar refractivity (Wildman–Crippen MR) is 68.1 cm³/mol. The smallest absolute Gasteiger partial charge is 0.219 e. The largest absolute Gasteiger partial charge is 0.439 e. The number of para-hydroxylation sites is 1. The van der Waals surface area contributed by atoms with Crippen molar-refractivity contribution in [3.8, 4) is 11.6 Å². The van der Waals surface area contributed by atoms with Gasteiger partial charge in [-0.3, -0.25) is 0 Å². The van der Waals surface area contributed by atoms with Gasteiger partial charge in [-0.05, 0) is 37.1 Å². The normalized spacial score (nSPS) is 12.2. The molecule has 0 unspecified atom stereocenters. The lowest BCUT2D eigenvalue weighted by atomic mass is 10.1. The number of nitrogens with zero attached hydrogens (tertiary/aromatic N) is 1. The van der Waals surface area contributed by atoms with E-state index in [9.17, 15) is 0 Å². The van der Waals surface area contributed by atoms with Crippen molar-refractivity contribution >= 4 is 0 Å². The Morgan fingerprint density at radius 1 is 1.24 bits per heavy atom. The molecule has 0 saturated heterocycles. The van der Waals surface area contributed by atoms with Gasteiger partial charge in [-0.1, -0.05) is 18.2 Å². The Morgan fingerprint density at radius 3 is 2.71 bits per heavy atom. The molecule has 0 spiro atoms. The minimum Gasteiger partial charge on any atom is -0.439 e. The summed E-state index contributed by atoms with van der Waals surface area (Å²) < 4.78 is 5.73. The third-order valence-electron chi connectivity index (χ3n) is 2.59. The SMILES string of the molecule is Cc1ccccc1Oc1cc([C@H](C)N)ccn1. The average Bonchev–Trinajstić information content (AvgIpc) is 2.32. The van der Waals surface area contributed by atoms with Crippen molar-refractivity contribution in [2.24, 2.45) is 5.73 Å². The molecule has 1 heterocycles. The molecule has 0 aliphatic heterocycles. The van der Waals surface area contributed by atoms with Crippen LogP contribution in [0.15, 0.2) is 42.6 Å². The lowest BCUT2D eigenvalue weighted by Crippen LogP contribution is -2.05. The second-order valence-corrected chi connectivity index (χ2v) is 4.08. The van der Waals surface area contributed by atoms with Crippen molar-refractivity contribution in [3.63, 3.8) is 0 Å². The maximum atomic E-state index is 5.82. The van der Waals surface area contributed by atoms with Crippen LogP contribution in [0.4, 0.5) is 0 Å². The van der Waals surface area contributed by atoms with Gasteiger partial charge in [0, 0.05) is 18.3 Å². The molecule has 88 valence electrons. The fourth-order valence-electron chi connectivity index (χ4n) is 1.55. The highest BCUT2D eigenvalue weighted by molar-refractivity contribution is 5.35. The van der Waals surface area contributed by atoms with Gasteiger partial charge in [0.1, 0.15) is 5.75 Å². The first-order valence-electron chi connectivity index (χ1n) is 5.62. The van der Waals surface area contributed by atoms with Crippen LogP contribution < -0.4 is 10.5 Å². The van der Waals surface area contributed by atoms with Crippen LogP contribution in [0.2, 0.25) is 0 Å². The van der Waals surface area contributed by atoms with Crippen LogP contribution in [0.1, 0.15) is 24.1 Å². The van der Waals surface area contributed by atoms with Gasteiger partial charge >= 0.3 is 0 Å². The number of nitrogens with two attached hydrogens (primary N) is 1. The van der Waals surface area contributed by atoms with E-state index in [2.05, 4.69) is 4.98 Å². The van der Waals surface area contributed by atoms with Crippen molar-refractivity contribution in [1.82, 2.24) is 4.98 Å². The van der Waals surface area contributed by atoms with Crippen molar-refractivity contribution in [1.29, 1.82) is 0 Å². The van der Waals surface area contributed by atoms with E-state index in [1.807, 2.05) is 50.2 Å². The molecule has 3 nitrogen and oxygen atoms in total. The Morgan fingerprint density at radius 2 is 2.00 bits per heavy atom. The van der Waals surface area contributed by atoms with Crippen LogP contribution in [0, 0.1) is 6.92 Å². The molecule has 0 aliphatic carbocycles. The third-order valence-corrected chi connectivity index (χ3v) is 2.59. The third kappa shape index (κ3) is 2.82. The van der Waals surface area contributed by atoms with Gasteiger partial charge in [-0.25, -0.2) is 4.98 Å². The Labute approximate surface area is 101 Å². The molecule has 1 atom stereocenters. The topological polar surface area (TPSA) is 48.1 Å². The van der Waals surface area contributed by atoms with Crippen molar-refractivity contribution in [3.05, 3.63) is 53.7 Å². The molecule has 17 heavy (non-hydrogen) atoms. The number of pyridine rings is 1. The van der Waals surface area contributed by atoms with Crippen LogP contribution in [0.3, 0.4) is 0 Å². The van der Waals surface area contributed by atoms with Crippen LogP contribution in [0.5, 0.6) is 11.6 Å². The number of ether oxygens (including phenoxy) is 1. The van der Waals surface area contributed by atoms with Crippen LogP contribution in [-0.2, 0) is 0 Å². The van der Waals surface area contributed by atoms with E-state index in [0.717, 1.165) is 16.9 Å². The highest BCUT2D eigenvalue weighted by Crippen LogP contribution is 2.24. The summed E-state index contributed by atoms with van der Waals surface area (Å²) in [6, 6.07) is 11.6. The first-order valence-corrected chi connectivity index (χ1v) is 5.62. The van der Waals surface area contributed by atoms with Crippen molar-refractivity contribution in [2.45, 2.75) is 19.9 Å². The van der Waals surface area contributed by atoms with E-state index in [-0.39, 0.29) is 6.04 Å². The molecule has 0 bridgehead atoms. The number of benzene rings is 1. The average molecular weight is 228 g/mol. The molecule has 0 aliphatic rings. The molecule has 2 aromatic rings. The standard InChI is InChI=1S/C14H16N2O/c1-10-5-3-4-6-13(10)17-14-9-12(11(2)15)7-8-16-14/h3-9,11H,15H2,1-2H3/t11-/m0/s1. The molecule has 3 heteroatoms. The summed E-state index contributed by atoms with van der Waals surface area (Å²) in [5, 5.41) is 0. The molecular formula is C14H16N2O. The van der Waals surface area contributed by atoms with Crippen LogP contribution in [-0.4, -0.2) is 4.98 Å². The summed E-state index contributed by atoms with van der Waals surface area (Å²) in [5.74, 6) is 1.40.